The van der Waals surface area contributed by atoms with E-state index in [-0.39, 0.29) is 29.0 Å². The number of hydrogen-bond donors (Lipinski definition) is 4. The molecule has 3 aliphatic rings. The van der Waals surface area contributed by atoms with Crippen molar-refractivity contribution in [2.45, 2.75) is 51.8 Å². The minimum atomic E-state index is -3.98. The number of amides is 2. The van der Waals surface area contributed by atoms with Gasteiger partial charge in [-0.2, -0.15) is 0 Å². The molecule has 1 aromatic rings. The molecule has 2 atom stereocenters. The molecule has 0 bridgehead atoms. The third-order valence-corrected chi connectivity index (χ3v) is 10.3. The number of aryl methyl sites for hydroxylation is 1. The SMILES string of the molecule is CCN(CC)CCNC(=O)c1c(C)[nH]c(C=C2C(=O)NC3=CCC(S(=O)(=O)CC4=CC=C(C(=O)O)CC4[N+](=O)[O-])C=C32)c1C. The number of carbonyl (C=O) groups excluding carboxylic acids is 2. The molecule has 1 fully saturated rings. The number of nitrogens with one attached hydrogen (secondary N) is 3. The normalized spacial score (nSPS) is 20.8. The number of allylic oxidation sites excluding steroid dienone is 4. The second kappa shape index (κ2) is 13.1. The van der Waals surface area contributed by atoms with Crippen molar-refractivity contribution in [2.75, 3.05) is 31.9 Å². The molecule has 236 valence electrons. The fraction of sp³-hybridized carbons (Fsp3) is 0.433. The summed E-state index contributed by atoms with van der Waals surface area (Å²) in [4.78, 5) is 53.6. The summed E-state index contributed by atoms with van der Waals surface area (Å²) < 4.78 is 26.9. The molecule has 4 N–H and O–H groups in total. The highest BCUT2D eigenvalue weighted by Gasteiger charge is 2.38. The Morgan fingerprint density at radius 2 is 1.93 bits per heavy atom. The van der Waals surface area contributed by atoms with Crippen LogP contribution in [0.25, 0.3) is 6.08 Å². The first-order valence-corrected chi connectivity index (χ1v) is 16.1. The van der Waals surface area contributed by atoms with Gasteiger partial charge in [-0.15, -0.1) is 0 Å². The predicted molar refractivity (Wildman–Crippen MR) is 164 cm³/mol. The van der Waals surface area contributed by atoms with Crippen molar-refractivity contribution in [1.29, 1.82) is 0 Å². The number of aromatic nitrogens is 1. The Kier molecular flexibility index (Phi) is 9.74. The highest BCUT2D eigenvalue weighted by Crippen LogP contribution is 2.35. The van der Waals surface area contributed by atoms with Gasteiger partial charge in [-0.3, -0.25) is 19.7 Å². The zero-order valence-corrected chi connectivity index (χ0v) is 25.9. The van der Waals surface area contributed by atoms with Crippen LogP contribution < -0.4 is 10.6 Å². The van der Waals surface area contributed by atoms with Gasteiger partial charge in [0.25, 0.3) is 11.8 Å². The van der Waals surface area contributed by atoms with Crippen LogP contribution in [0.5, 0.6) is 0 Å². The van der Waals surface area contributed by atoms with Crippen molar-refractivity contribution in [3.05, 3.63) is 84.9 Å². The van der Waals surface area contributed by atoms with Crippen molar-refractivity contribution in [1.82, 2.24) is 20.5 Å². The fourth-order valence-electron chi connectivity index (χ4n) is 5.68. The Labute approximate surface area is 255 Å². The second-order valence-corrected chi connectivity index (χ2v) is 13.2. The van der Waals surface area contributed by atoms with Crippen molar-refractivity contribution < 1.29 is 32.8 Å². The van der Waals surface area contributed by atoms with E-state index < -0.39 is 50.1 Å². The number of fused-ring (bicyclic) bond motifs is 1. The molecular weight excluding hydrogens is 590 g/mol. The molecule has 0 spiro atoms. The molecule has 1 aromatic heterocycles. The first-order valence-electron chi connectivity index (χ1n) is 14.4. The fourth-order valence-corrected chi connectivity index (χ4v) is 7.38. The van der Waals surface area contributed by atoms with Gasteiger partial charge >= 0.3 is 5.97 Å². The second-order valence-electron chi connectivity index (χ2n) is 11.0. The van der Waals surface area contributed by atoms with Crippen molar-refractivity contribution in [3.63, 3.8) is 0 Å². The predicted octanol–water partition coefficient (Wildman–Crippen LogP) is 2.20. The molecule has 13 nitrogen and oxygen atoms in total. The topological polar surface area (TPSA) is 192 Å². The lowest BCUT2D eigenvalue weighted by molar-refractivity contribution is -0.511. The molecule has 2 unspecified atom stereocenters. The van der Waals surface area contributed by atoms with Gasteiger partial charge in [0.05, 0.1) is 28.6 Å². The minimum absolute atomic E-state index is 0.00459. The average molecular weight is 628 g/mol. The monoisotopic (exact) mass is 627 g/mol. The van der Waals surface area contributed by atoms with E-state index in [1.807, 2.05) is 0 Å². The Morgan fingerprint density at radius 3 is 2.57 bits per heavy atom. The number of sulfone groups is 1. The molecule has 44 heavy (non-hydrogen) atoms. The lowest BCUT2D eigenvalue weighted by atomic mass is 9.95. The van der Waals surface area contributed by atoms with Gasteiger partial charge in [0.1, 0.15) is 0 Å². The lowest BCUT2D eigenvalue weighted by Gasteiger charge is -2.21. The average Bonchev–Trinajstić information content (AvgIpc) is 3.43. The van der Waals surface area contributed by atoms with Gasteiger partial charge in [0.2, 0.25) is 6.04 Å². The molecule has 0 radical (unpaired) electrons. The molecule has 2 heterocycles. The van der Waals surface area contributed by atoms with Gasteiger partial charge in [0.15, 0.2) is 9.84 Å². The molecule has 0 aromatic carbocycles. The maximum atomic E-state index is 13.5. The molecule has 14 heteroatoms. The van der Waals surface area contributed by atoms with E-state index >= 15 is 0 Å². The molecule has 2 amide bonds. The lowest BCUT2D eigenvalue weighted by Crippen LogP contribution is -2.35. The first kappa shape index (κ1) is 32.6. The molecule has 1 aliphatic heterocycles. The van der Waals surface area contributed by atoms with E-state index in [2.05, 4.69) is 34.4 Å². The van der Waals surface area contributed by atoms with E-state index in [1.54, 1.807) is 26.0 Å². The number of nitrogens with zero attached hydrogens (tertiary/aromatic N) is 2. The summed E-state index contributed by atoms with van der Waals surface area (Å²) in [5.41, 5.74) is 3.21. The zero-order valence-electron chi connectivity index (χ0n) is 25.1. The summed E-state index contributed by atoms with van der Waals surface area (Å²) in [6, 6.07) is -1.46. The Bertz CT molecular complexity index is 1660. The summed E-state index contributed by atoms with van der Waals surface area (Å²) in [6.07, 6.45) is 6.73. The highest BCUT2D eigenvalue weighted by molar-refractivity contribution is 7.92. The summed E-state index contributed by atoms with van der Waals surface area (Å²) in [5, 5.41) is 25.5. The number of likely N-dealkylation sites (N-methyl/N-ethyl adjacent to an activating group) is 1. The van der Waals surface area contributed by atoms with E-state index in [1.165, 1.54) is 18.2 Å². The number of carbonyl (C=O) groups is 3. The van der Waals surface area contributed by atoms with Crippen LogP contribution in [0, 0.1) is 24.0 Å². The number of hydrogen-bond acceptors (Lipinski definition) is 8. The summed E-state index contributed by atoms with van der Waals surface area (Å²) in [6.45, 7) is 10.6. The van der Waals surface area contributed by atoms with E-state index in [0.29, 0.717) is 40.3 Å². The first-order chi connectivity index (χ1) is 20.8. The van der Waals surface area contributed by atoms with Crippen LogP contribution in [0.2, 0.25) is 0 Å². The quantitative estimate of drug-likeness (QED) is 0.153. The third-order valence-electron chi connectivity index (χ3n) is 8.28. The number of carboxylic acid groups (broad SMARTS) is 1. The molecule has 2 aliphatic carbocycles. The maximum Gasteiger partial charge on any atom is 0.331 e. The number of H-pyrrole nitrogens is 1. The molecule has 1 saturated heterocycles. The van der Waals surface area contributed by atoms with Crippen LogP contribution in [0.3, 0.4) is 0 Å². The van der Waals surface area contributed by atoms with Crippen LogP contribution in [0.15, 0.2) is 52.3 Å². The van der Waals surface area contributed by atoms with E-state index in [4.69, 9.17) is 0 Å². The standard InChI is InChI=1S/C30H37N5O8S/c1-5-34(6-2)12-11-31-29(37)27-17(3)25(32-18(27)4)15-23-22-14-21(9-10-24(22)33-28(23)36)44(42,43)16-20-8-7-19(30(38)39)13-26(20)35(40)41/h7-8,10,14-15,21,26,32H,5-6,9,11-13,16H2,1-4H3,(H,31,37)(H,33,36)(H,38,39). The maximum absolute atomic E-state index is 13.5. The van der Waals surface area contributed by atoms with Gasteiger partial charge in [0, 0.05) is 51.8 Å². The van der Waals surface area contributed by atoms with E-state index in [9.17, 15) is 38.0 Å². The van der Waals surface area contributed by atoms with Gasteiger partial charge in [-0.05, 0) is 45.0 Å². The number of aromatic amines is 1. The highest BCUT2D eigenvalue weighted by atomic mass is 32.2. The minimum Gasteiger partial charge on any atom is -0.478 e. The van der Waals surface area contributed by atoms with Crippen LogP contribution in [0.4, 0.5) is 0 Å². The number of nitro groups is 1. The van der Waals surface area contributed by atoms with Crippen molar-refractivity contribution in [3.8, 4) is 0 Å². The molecule has 4 rings (SSSR count). The van der Waals surface area contributed by atoms with Gasteiger partial charge < -0.3 is 25.6 Å². The summed E-state index contributed by atoms with van der Waals surface area (Å²) in [7, 11) is -3.98. The third kappa shape index (κ3) is 6.76. The van der Waals surface area contributed by atoms with Crippen molar-refractivity contribution >= 4 is 33.7 Å². The van der Waals surface area contributed by atoms with E-state index in [0.717, 1.165) is 19.6 Å². The Balaban J connectivity index is 1.58. The zero-order chi connectivity index (χ0) is 32.3. The summed E-state index contributed by atoms with van der Waals surface area (Å²) in [5.74, 6) is -2.57. The van der Waals surface area contributed by atoms with Gasteiger partial charge in [-0.1, -0.05) is 38.2 Å². The number of carboxylic acids is 1. The number of rotatable bonds is 12. The number of aliphatic carboxylic acids is 1. The van der Waals surface area contributed by atoms with Gasteiger partial charge in [-0.25, -0.2) is 13.2 Å². The van der Waals surface area contributed by atoms with Crippen molar-refractivity contribution in [2.24, 2.45) is 0 Å². The Hall–Kier alpha value is -4.30. The molecule has 0 saturated carbocycles. The van der Waals surface area contributed by atoms with Crippen LogP contribution in [-0.2, 0) is 19.4 Å². The smallest absolute Gasteiger partial charge is 0.331 e. The molecular formula is C30H37N5O8S. The Morgan fingerprint density at radius 1 is 1.23 bits per heavy atom. The van der Waals surface area contributed by atoms with Crippen LogP contribution in [-0.4, -0.2) is 89.3 Å². The largest absolute Gasteiger partial charge is 0.478 e. The van der Waals surface area contributed by atoms with Crippen LogP contribution in [0.1, 0.15) is 54.0 Å². The van der Waals surface area contributed by atoms with Crippen LogP contribution >= 0.6 is 0 Å². The summed E-state index contributed by atoms with van der Waals surface area (Å²) >= 11 is 0.